The highest BCUT2D eigenvalue weighted by atomic mass is 32.2. The maximum absolute atomic E-state index is 12.3. The van der Waals surface area contributed by atoms with Crippen LogP contribution in [0.2, 0.25) is 0 Å². The lowest BCUT2D eigenvalue weighted by Gasteiger charge is -2.05. The van der Waals surface area contributed by atoms with Gasteiger partial charge in [-0.2, -0.15) is 0 Å². The van der Waals surface area contributed by atoms with Crippen LogP contribution in [0, 0.1) is 0 Å². The van der Waals surface area contributed by atoms with Crippen molar-refractivity contribution in [2.75, 3.05) is 5.75 Å². The zero-order valence-electron chi connectivity index (χ0n) is 10.8. The first-order valence-corrected chi connectivity index (χ1v) is 8.13. The highest BCUT2D eigenvalue weighted by molar-refractivity contribution is 7.92. The van der Waals surface area contributed by atoms with Crippen molar-refractivity contribution in [3.05, 3.63) is 53.5 Å². The van der Waals surface area contributed by atoms with Crippen LogP contribution in [0.25, 0.3) is 0 Å². The topological polar surface area (TPSA) is 64.3 Å². The highest BCUT2D eigenvalue weighted by Gasteiger charge is 2.23. The molecular formula is C15H14O4S. The van der Waals surface area contributed by atoms with Gasteiger partial charge in [0.05, 0.1) is 11.2 Å². The number of fused-ring (bicyclic) bond motifs is 1. The molecule has 0 radical (unpaired) electrons. The van der Waals surface area contributed by atoms with Crippen LogP contribution < -0.4 is 0 Å². The third-order valence-electron chi connectivity index (χ3n) is 3.55. The molecule has 1 heterocycles. The van der Waals surface area contributed by atoms with Crippen LogP contribution in [-0.2, 0) is 22.7 Å². The second-order valence-corrected chi connectivity index (χ2v) is 6.93. The minimum atomic E-state index is -3.62. The first-order valence-electron chi connectivity index (χ1n) is 6.47. The maximum atomic E-state index is 12.3. The van der Waals surface area contributed by atoms with E-state index in [0.717, 1.165) is 24.8 Å². The number of hydrogen-bond donors (Lipinski definition) is 0. The molecule has 2 aromatic rings. The summed E-state index contributed by atoms with van der Waals surface area (Å²) in [5, 5.41) is 0. The van der Waals surface area contributed by atoms with Crippen LogP contribution in [0.3, 0.4) is 0 Å². The van der Waals surface area contributed by atoms with Crippen molar-refractivity contribution in [1.82, 2.24) is 0 Å². The maximum Gasteiger partial charge on any atom is 0.213 e. The fourth-order valence-electron chi connectivity index (χ4n) is 2.51. The normalized spacial score (nSPS) is 14.2. The quantitative estimate of drug-likeness (QED) is 0.811. The monoisotopic (exact) mass is 290 g/mol. The smallest absolute Gasteiger partial charge is 0.213 e. The molecule has 0 amide bonds. The number of rotatable bonds is 4. The summed E-state index contributed by atoms with van der Waals surface area (Å²) in [5.74, 6) is -0.996. The van der Waals surface area contributed by atoms with Gasteiger partial charge in [-0.05, 0) is 54.7 Å². The molecule has 1 aliphatic rings. The fraction of sp³-hybridized carbons (Fsp3) is 0.267. The van der Waals surface area contributed by atoms with E-state index in [-0.39, 0.29) is 10.7 Å². The molecule has 1 aliphatic carbocycles. The summed E-state index contributed by atoms with van der Waals surface area (Å²) in [5.41, 5.74) is 2.29. The average Bonchev–Trinajstić information content (AvgIpc) is 3.08. The van der Waals surface area contributed by atoms with E-state index in [1.807, 2.05) is 6.07 Å². The number of carbonyl (C=O) groups excluding carboxylic acids is 1. The summed E-state index contributed by atoms with van der Waals surface area (Å²) in [4.78, 5) is 12.1. The number of hydrogen-bond acceptors (Lipinski definition) is 4. The van der Waals surface area contributed by atoms with Gasteiger partial charge < -0.3 is 4.42 Å². The van der Waals surface area contributed by atoms with Crippen molar-refractivity contribution in [2.24, 2.45) is 0 Å². The first kappa shape index (κ1) is 13.1. The van der Waals surface area contributed by atoms with Crippen molar-refractivity contribution in [1.29, 1.82) is 0 Å². The van der Waals surface area contributed by atoms with Gasteiger partial charge >= 0.3 is 0 Å². The zero-order valence-corrected chi connectivity index (χ0v) is 11.7. The Labute approximate surface area is 117 Å². The molecule has 4 nitrogen and oxygen atoms in total. The van der Waals surface area contributed by atoms with Gasteiger partial charge in [0.2, 0.25) is 5.78 Å². The molecule has 0 spiro atoms. The Morgan fingerprint density at radius 2 is 1.95 bits per heavy atom. The molecular weight excluding hydrogens is 276 g/mol. The van der Waals surface area contributed by atoms with E-state index in [1.165, 1.54) is 17.9 Å². The minimum Gasteiger partial charge on any atom is -0.461 e. The molecule has 5 heteroatoms. The number of carbonyl (C=O) groups is 1. The molecule has 0 unspecified atom stereocenters. The van der Waals surface area contributed by atoms with E-state index in [2.05, 4.69) is 0 Å². The molecule has 0 saturated heterocycles. The summed E-state index contributed by atoms with van der Waals surface area (Å²) in [7, 11) is -3.62. The van der Waals surface area contributed by atoms with Crippen LogP contribution in [0.4, 0.5) is 0 Å². The Bertz CT molecular complexity index is 742. The van der Waals surface area contributed by atoms with Crippen molar-refractivity contribution in [3.63, 3.8) is 0 Å². The number of furan rings is 1. The van der Waals surface area contributed by atoms with Gasteiger partial charge in [-0.25, -0.2) is 8.42 Å². The summed E-state index contributed by atoms with van der Waals surface area (Å²) in [6, 6.07) is 8.18. The van der Waals surface area contributed by atoms with Crippen LogP contribution in [0.15, 0.2) is 45.9 Å². The Kier molecular flexibility index (Phi) is 3.22. The summed E-state index contributed by atoms with van der Waals surface area (Å²) < 4.78 is 29.5. The van der Waals surface area contributed by atoms with Crippen LogP contribution in [0.1, 0.15) is 28.1 Å². The number of ketones is 1. The summed E-state index contributed by atoms with van der Waals surface area (Å²) in [6.45, 7) is 0. The van der Waals surface area contributed by atoms with Gasteiger partial charge in [0.1, 0.15) is 5.75 Å². The number of sulfone groups is 1. The fourth-order valence-corrected chi connectivity index (χ4v) is 3.76. The predicted octanol–water partition coefficient (Wildman–Crippen LogP) is 2.42. The number of benzene rings is 1. The van der Waals surface area contributed by atoms with Gasteiger partial charge in [0, 0.05) is 0 Å². The van der Waals surface area contributed by atoms with Crippen LogP contribution in [0.5, 0.6) is 0 Å². The van der Waals surface area contributed by atoms with Crippen molar-refractivity contribution < 1.29 is 17.6 Å². The Hall–Kier alpha value is -1.88. The number of Topliss-reactive ketones (excluding diaryl/α,β-unsaturated/α-hetero) is 1. The average molecular weight is 290 g/mol. The first-order chi connectivity index (χ1) is 9.56. The van der Waals surface area contributed by atoms with Gasteiger partial charge in [0.25, 0.3) is 0 Å². The van der Waals surface area contributed by atoms with Crippen LogP contribution >= 0.6 is 0 Å². The third-order valence-corrected chi connectivity index (χ3v) is 5.16. The van der Waals surface area contributed by atoms with Gasteiger partial charge in [-0.15, -0.1) is 0 Å². The Morgan fingerprint density at radius 1 is 1.15 bits per heavy atom. The molecule has 20 heavy (non-hydrogen) atoms. The summed E-state index contributed by atoms with van der Waals surface area (Å²) in [6.07, 6.45) is 4.32. The van der Waals surface area contributed by atoms with E-state index < -0.39 is 21.4 Å². The minimum absolute atomic E-state index is 0.0785. The second-order valence-electron chi connectivity index (χ2n) is 4.94. The molecule has 0 saturated carbocycles. The Morgan fingerprint density at radius 3 is 2.70 bits per heavy atom. The van der Waals surface area contributed by atoms with Crippen molar-refractivity contribution in [3.8, 4) is 0 Å². The lowest BCUT2D eigenvalue weighted by atomic mass is 10.1. The van der Waals surface area contributed by atoms with E-state index >= 15 is 0 Å². The van der Waals surface area contributed by atoms with Gasteiger partial charge in [-0.1, -0.05) is 6.07 Å². The van der Waals surface area contributed by atoms with E-state index in [0.29, 0.717) is 0 Å². The molecule has 104 valence electrons. The SMILES string of the molecule is O=C(CS(=O)(=O)c1ccc2c(c1)CCC2)c1ccco1. The molecule has 0 aliphatic heterocycles. The van der Waals surface area contributed by atoms with Crippen LogP contribution in [-0.4, -0.2) is 20.0 Å². The lowest BCUT2D eigenvalue weighted by molar-refractivity contribution is 0.0990. The molecule has 0 N–H and O–H groups in total. The van der Waals surface area contributed by atoms with Crippen molar-refractivity contribution in [2.45, 2.75) is 24.2 Å². The third kappa shape index (κ3) is 2.41. The molecule has 1 aromatic heterocycles. The molecule has 0 fully saturated rings. The predicted molar refractivity (Wildman–Crippen MR) is 73.6 cm³/mol. The second kappa shape index (κ2) is 4.90. The molecule has 0 bridgehead atoms. The Balaban J connectivity index is 1.87. The molecule has 0 atom stereocenters. The van der Waals surface area contributed by atoms with E-state index in [1.54, 1.807) is 18.2 Å². The highest BCUT2D eigenvalue weighted by Crippen LogP contribution is 2.25. The van der Waals surface area contributed by atoms with Gasteiger partial charge in [0.15, 0.2) is 15.6 Å². The largest absolute Gasteiger partial charge is 0.461 e. The van der Waals surface area contributed by atoms with E-state index in [4.69, 9.17) is 4.42 Å². The number of aryl methyl sites for hydroxylation is 2. The van der Waals surface area contributed by atoms with Crippen molar-refractivity contribution >= 4 is 15.6 Å². The lowest BCUT2D eigenvalue weighted by Crippen LogP contribution is -2.16. The molecule has 1 aromatic carbocycles. The zero-order chi connectivity index (χ0) is 14.2. The van der Waals surface area contributed by atoms with Gasteiger partial charge in [-0.3, -0.25) is 4.79 Å². The molecule has 3 rings (SSSR count). The summed E-state index contributed by atoms with van der Waals surface area (Å²) >= 11 is 0. The standard InChI is InChI=1S/C15H14O4S/c16-14(15-5-2-8-19-15)10-20(17,18)13-7-6-11-3-1-4-12(11)9-13/h2,5-9H,1,3-4,10H2. The van der Waals surface area contributed by atoms with E-state index in [9.17, 15) is 13.2 Å².